The lowest BCUT2D eigenvalue weighted by Gasteiger charge is -2.25. The van der Waals surface area contributed by atoms with Crippen LogP contribution in [0.2, 0.25) is 0 Å². The standard InChI is InChI=1S/C17H15F2N3O3/c18-12-3-1-9(5-13(12)19)15-6-11(23)8-22(15)17(25)10-2-4-14(16(20)24)21-7-10/h1-5,7,11,15,23H,6,8H2,(H2,20,24)/t11-,15-/m0/s1. The van der Waals surface area contributed by atoms with Crippen LogP contribution in [0.3, 0.4) is 0 Å². The van der Waals surface area contributed by atoms with E-state index in [9.17, 15) is 23.5 Å². The number of rotatable bonds is 3. The molecule has 2 aromatic rings. The summed E-state index contributed by atoms with van der Waals surface area (Å²) in [6, 6.07) is 5.54. The maximum atomic E-state index is 13.5. The number of halogens is 2. The van der Waals surface area contributed by atoms with E-state index in [0.717, 1.165) is 12.1 Å². The van der Waals surface area contributed by atoms with Gasteiger partial charge in [0.1, 0.15) is 5.69 Å². The van der Waals surface area contributed by atoms with Gasteiger partial charge in [0.05, 0.1) is 17.7 Å². The van der Waals surface area contributed by atoms with Gasteiger partial charge in [-0.1, -0.05) is 6.07 Å². The molecular weight excluding hydrogens is 332 g/mol. The molecule has 3 N–H and O–H groups in total. The number of carbonyl (C=O) groups is 2. The van der Waals surface area contributed by atoms with Gasteiger partial charge in [-0.3, -0.25) is 14.6 Å². The Kier molecular flexibility index (Phi) is 4.45. The van der Waals surface area contributed by atoms with Crippen molar-refractivity contribution >= 4 is 11.8 Å². The van der Waals surface area contributed by atoms with Crippen LogP contribution < -0.4 is 5.73 Å². The Morgan fingerprint density at radius 3 is 2.56 bits per heavy atom. The lowest BCUT2D eigenvalue weighted by Crippen LogP contribution is -2.32. The molecule has 0 saturated carbocycles. The molecule has 0 bridgehead atoms. The molecule has 130 valence electrons. The monoisotopic (exact) mass is 347 g/mol. The average Bonchev–Trinajstić information content (AvgIpc) is 2.98. The van der Waals surface area contributed by atoms with Gasteiger partial charge < -0.3 is 15.7 Å². The van der Waals surface area contributed by atoms with Crippen LogP contribution in [-0.2, 0) is 0 Å². The van der Waals surface area contributed by atoms with Crippen molar-refractivity contribution in [2.75, 3.05) is 6.54 Å². The van der Waals surface area contributed by atoms with Crippen LogP contribution in [0.5, 0.6) is 0 Å². The van der Waals surface area contributed by atoms with Crippen LogP contribution in [0.25, 0.3) is 0 Å². The number of nitrogens with zero attached hydrogens (tertiary/aromatic N) is 2. The molecular formula is C17H15F2N3O3. The maximum Gasteiger partial charge on any atom is 0.267 e. The fourth-order valence-electron chi connectivity index (χ4n) is 2.91. The zero-order valence-electron chi connectivity index (χ0n) is 13.0. The number of primary amides is 1. The summed E-state index contributed by atoms with van der Waals surface area (Å²) < 4.78 is 26.6. The second-order valence-electron chi connectivity index (χ2n) is 5.83. The topological polar surface area (TPSA) is 96.5 Å². The number of aliphatic hydroxyl groups is 1. The number of amides is 2. The van der Waals surface area contributed by atoms with Crippen molar-refractivity contribution < 1.29 is 23.5 Å². The number of likely N-dealkylation sites (tertiary alicyclic amines) is 1. The molecule has 0 radical (unpaired) electrons. The summed E-state index contributed by atoms with van der Waals surface area (Å²) in [4.78, 5) is 28.9. The summed E-state index contributed by atoms with van der Waals surface area (Å²) in [6.07, 6.45) is 0.652. The van der Waals surface area contributed by atoms with Crippen LogP contribution in [0, 0.1) is 11.6 Å². The minimum absolute atomic E-state index is 0.0233. The summed E-state index contributed by atoms with van der Waals surface area (Å²) >= 11 is 0. The molecule has 6 nitrogen and oxygen atoms in total. The molecule has 1 aromatic carbocycles. The Bertz CT molecular complexity index is 826. The first-order valence-corrected chi connectivity index (χ1v) is 7.56. The summed E-state index contributed by atoms with van der Waals surface area (Å²) in [7, 11) is 0. The highest BCUT2D eigenvalue weighted by molar-refractivity contribution is 5.96. The molecule has 0 spiro atoms. The first-order valence-electron chi connectivity index (χ1n) is 7.56. The van der Waals surface area contributed by atoms with Crippen molar-refractivity contribution in [1.82, 2.24) is 9.88 Å². The van der Waals surface area contributed by atoms with Crippen LogP contribution in [0.4, 0.5) is 8.78 Å². The van der Waals surface area contributed by atoms with Crippen LogP contribution in [-0.4, -0.2) is 39.5 Å². The molecule has 1 fully saturated rings. The average molecular weight is 347 g/mol. The number of hydrogen-bond donors (Lipinski definition) is 2. The number of nitrogens with two attached hydrogens (primary N) is 1. The minimum atomic E-state index is -1.02. The van der Waals surface area contributed by atoms with E-state index in [0.29, 0.717) is 5.56 Å². The second-order valence-corrected chi connectivity index (χ2v) is 5.83. The molecule has 8 heteroatoms. The molecule has 2 amide bonds. The van der Waals surface area contributed by atoms with Crippen molar-refractivity contribution in [3.05, 3.63) is 65.0 Å². The van der Waals surface area contributed by atoms with Gasteiger partial charge in [-0.15, -0.1) is 0 Å². The quantitative estimate of drug-likeness (QED) is 0.877. The SMILES string of the molecule is NC(=O)c1ccc(C(=O)N2C[C@@H](O)C[C@H]2c2ccc(F)c(F)c2)cn1. The highest BCUT2D eigenvalue weighted by atomic mass is 19.2. The van der Waals surface area contributed by atoms with Gasteiger partial charge in [0.2, 0.25) is 0 Å². The molecule has 3 rings (SSSR count). The third kappa shape index (κ3) is 3.34. The third-order valence-corrected chi connectivity index (χ3v) is 4.13. The largest absolute Gasteiger partial charge is 0.391 e. The molecule has 25 heavy (non-hydrogen) atoms. The Morgan fingerprint density at radius 2 is 1.96 bits per heavy atom. The Labute approximate surface area is 141 Å². The predicted octanol–water partition coefficient (Wildman–Crippen LogP) is 1.41. The van der Waals surface area contributed by atoms with Gasteiger partial charge in [-0.25, -0.2) is 8.78 Å². The molecule has 0 unspecified atom stereocenters. The van der Waals surface area contributed by atoms with E-state index in [2.05, 4.69) is 4.98 Å². The lowest BCUT2D eigenvalue weighted by atomic mass is 10.0. The number of carbonyl (C=O) groups excluding carboxylic acids is 2. The molecule has 2 atom stereocenters. The lowest BCUT2D eigenvalue weighted by molar-refractivity contribution is 0.0714. The van der Waals surface area contributed by atoms with Gasteiger partial charge in [0.15, 0.2) is 11.6 Å². The maximum absolute atomic E-state index is 13.5. The van der Waals surface area contributed by atoms with Gasteiger partial charge in [0.25, 0.3) is 11.8 Å². The van der Waals surface area contributed by atoms with E-state index in [1.54, 1.807) is 0 Å². The number of aromatic nitrogens is 1. The van der Waals surface area contributed by atoms with Crippen molar-refractivity contribution in [1.29, 1.82) is 0 Å². The summed E-state index contributed by atoms with van der Waals surface area (Å²) in [5.74, 6) is -3.14. The Balaban J connectivity index is 1.89. The minimum Gasteiger partial charge on any atom is -0.391 e. The Hall–Kier alpha value is -2.87. The molecule has 1 aromatic heterocycles. The first kappa shape index (κ1) is 17.0. The number of β-amino-alcohol motifs (C(OH)–C–C–N with tert-alkyl or cyclic N) is 1. The zero-order chi connectivity index (χ0) is 18.1. The van der Waals surface area contributed by atoms with Crippen LogP contribution in [0.15, 0.2) is 36.5 Å². The van der Waals surface area contributed by atoms with Crippen molar-refractivity contribution in [2.45, 2.75) is 18.6 Å². The molecule has 1 aliphatic heterocycles. The van der Waals surface area contributed by atoms with Crippen molar-refractivity contribution in [2.24, 2.45) is 5.73 Å². The van der Waals surface area contributed by atoms with Gasteiger partial charge in [-0.05, 0) is 36.2 Å². The summed E-state index contributed by atoms with van der Waals surface area (Å²) in [5, 5.41) is 9.93. The number of aliphatic hydroxyl groups excluding tert-OH is 1. The van der Waals surface area contributed by atoms with E-state index in [-0.39, 0.29) is 24.2 Å². The smallest absolute Gasteiger partial charge is 0.267 e. The van der Waals surface area contributed by atoms with E-state index in [1.807, 2.05) is 0 Å². The zero-order valence-corrected chi connectivity index (χ0v) is 13.0. The number of pyridine rings is 1. The van der Waals surface area contributed by atoms with E-state index < -0.39 is 35.6 Å². The van der Waals surface area contributed by atoms with Gasteiger partial charge >= 0.3 is 0 Å². The first-order chi connectivity index (χ1) is 11.9. The van der Waals surface area contributed by atoms with Crippen molar-refractivity contribution in [3.8, 4) is 0 Å². The van der Waals surface area contributed by atoms with E-state index >= 15 is 0 Å². The van der Waals surface area contributed by atoms with Crippen molar-refractivity contribution in [3.63, 3.8) is 0 Å². The van der Waals surface area contributed by atoms with E-state index in [1.165, 1.54) is 29.3 Å². The van der Waals surface area contributed by atoms with E-state index in [4.69, 9.17) is 5.73 Å². The number of hydrogen-bond acceptors (Lipinski definition) is 4. The molecule has 1 saturated heterocycles. The van der Waals surface area contributed by atoms with Crippen LogP contribution >= 0.6 is 0 Å². The number of benzene rings is 1. The van der Waals surface area contributed by atoms with Gasteiger partial charge in [0, 0.05) is 12.7 Å². The summed E-state index contributed by atoms with van der Waals surface area (Å²) in [6.45, 7) is 0.0556. The molecule has 1 aliphatic rings. The second kappa shape index (κ2) is 6.56. The summed E-state index contributed by atoms with van der Waals surface area (Å²) in [5.41, 5.74) is 5.73. The third-order valence-electron chi connectivity index (χ3n) is 4.13. The fourth-order valence-corrected chi connectivity index (χ4v) is 2.91. The molecule has 0 aliphatic carbocycles. The highest BCUT2D eigenvalue weighted by Gasteiger charge is 2.36. The van der Waals surface area contributed by atoms with Crippen LogP contribution in [0.1, 0.15) is 38.9 Å². The predicted molar refractivity (Wildman–Crippen MR) is 83.5 cm³/mol. The normalized spacial score (nSPS) is 19.9. The fraction of sp³-hybridized carbons (Fsp3) is 0.235. The highest BCUT2D eigenvalue weighted by Crippen LogP contribution is 2.34. The Morgan fingerprint density at radius 1 is 1.20 bits per heavy atom. The molecule has 2 heterocycles. The van der Waals surface area contributed by atoms with Gasteiger partial charge in [-0.2, -0.15) is 0 Å².